The van der Waals surface area contributed by atoms with Crippen LogP contribution in [0.15, 0.2) is 71.7 Å². The molecule has 0 fully saturated rings. The summed E-state index contributed by atoms with van der Waals surface area (Å²) in [6.45, 7) is 2.96. The van der Waals surface area contributed by atoms with Crippen molar-refractivity contribution in [3.8, 4) is 0 Å². The maximum absolute atomic E-state index is 12.0. The molecule has 0 saturated heterocycles. The number of nitrogens with one attached hydrogen (secondary N) is 1. The quantitative estimate of drug-likeness (QED) is 0.797. The van der Waals surface area contributed by atoms with Gasteiger partial charge in [-0.15, -0.1) is 0 Å². The van der Waals surface area contributed by atoms with Crippen molar-refractivity contribution in [3.63, 3.8) is 0 Å². The van der Waals surface area contributed by atoms with Crippen molar-refractivity contribution < 1.29 is 0 Å². The first-order valence-electron chi connectivity index (χ1n) is 8.37. The second kappa shape index (κ2) is 6.46. The van der Waals surface area contributed by atoms with Crippen LogP contribution in [0.2, 0.25) is 0 Å². The normalized spacial score (nSPS) is 15.4. The standard InChI is InChI=1S/C21H20N2O/c24-21-19-9-5-4-8-18(19)20(14-22-21)17-10-12-23(13-11-17)15-16-6-2-1-3-7-16/h1-10,14H,11-13,15H2,(H,22,24). The second-order valence-corrected chi connectivity index (χ2v) is 6.28. The lowest BCUT2D eigenvalue weighted by molar-refractivity contribution is 0.294. The van der Waals surface area contributed by atoms with Gasteiger partial charge in [-0.25, -0.2) is 0 Å². The van der Waals surface area contributed by atoms with Crippen molar-refractivity contribution in [1.29, 1.82) is 0 Å². The van der Waals surface area contributed by atoms with E-state index in [0.29, 0.717) is 0 Å². The van der Waals surface area contributed by atoms with Crippen LogP contribution in [-0.2, 0) is 6.54 Å². The molecule has 1 N–H and O–H groups in total. The van der Waals surface area contributed by atoms with Crippen LogP contribution in [-0.4, -0.2) is 23.0 Å². The zero-order valence-corrected chi connectivity index (χ0v) is 13.5. The number of hydrogen-bond acceptors (Lipinski definition) is 2. The Morgan fingerprint density at radius 3 is 2.46 bits per heavy atom. The summed E-state index contributed by atoms with van der Waals surface area (Å²) in [6.07, 6.45) is 5.17. The van der Waals surface area contributed by atoms with Gasteiger partial charge in [-0.1, -0.05) is 54.6 Å². The highest BCUT2D eigenvalue weighted by molar-refractivity contribution is 5.93. The first kappa shape index (κ1) is 14.9. The van der Waals surface area contributed by atoms with E-state index in [2.05, 4.69) is 46.3 Å². The molecule has 0 aliphatic carbocycles. The van der Waals surface area contributed by atoms with Gasteiger partial charge in [0.25, 0.3) is 5.56 Å². The number of aromatic amines is 1. The molecule has 0 unspecified atom stereocenters. The molecule has 0 atom stereocenters. The first-order chi connectivity index (χ1) is 11.8. The van der Waals surface area contributed by atoms with Gasteiger partial charge < -0.3 is 4.98 Å². The Hall–Kier alpha value is -2.65. The Kier molecular flexibility index (Phi) is 4.01. The molecule has 2 aromatic carbocycles. The highest BCUT2D eigenvalue weighted by atomic mass is 16.1. The number of hydrogen-bond donors (Lipinski definition) is 1. The van der Waals surface area contributed by atoms with Gasteiger partial charge in [-0.05, 0) is 29.0 Å². The van der Waals surface area contributed by atoms with E-state index in [1.807, 2.05) is 30.5 Å². The minimum atomic E-state index is -0.0172. The van der Waals surface area contributed by atoms with E-state index in [9.17, 15) is 4.79 Å². The summed E-state index contributed by atoms with van der Waals surface area (Å²) < 4.78 is 0. The molecule has 0 bridgehead atoms. The second-order valence-electron chi connectivity index (χ2n) is 6.28. The lowest BCUT2D eigenvalue weighted by Gasteiger charge is -2.26. The summed E-state index contributed by atoms with van der Waals surface area (Å²) in [7, 11) is 0. The molecule has 1 aliphatic heterocycles. The SMILES string of the molecule is O=c1[nH]cc(C2=CCN(Cc3ccccc3)CC2)c2ccccc12. The van der Waals surface area contributed by atoms with E-state index in [-0.39, 0.29) is 5.56 Å². The molecule has 120 valence electrons. The minimum Gasteiger partial charge on any atom is -0.328 e. The van der Waals surface area contributed by atoms with Crippen LogP contribution in [0.3, 0.4) is 0 Å². The van der Waals surface area contributed by atoms with Crippen LogP contribution in [0, 0.1) is 0 Å². The van der Waals surface area contributed by atoms with Crippen LogP contribution < -0.4 is 5.56 Å². The lowest BCUT2D eigenvalue weighted by Crippen LogP contribution is -2.28. The molecule has 3 nitrogen and oxygen atoms in total. The number of pyridine rings is 1. The van der Waals surface area contributed by atoms with E-state index in [1.54, 1.807) is 0 Å². The summed E-state index contributed by atoms with van der Waals surface area (Å²) in [5.41, 5.74) is 3.82. The number of benzene rings is 2. The Balaban J connectivity index is 1.59. The molecule has 0 saturated carbocycles. The fourth-order valence-corrected chi connectivity index (χ4v) is 3.42. The van der Waals surface area contributed by atoms with Gasteiger partial charge >= 0.3 is 0 Å². The number of rotatable bonds is 3. The number of nitrogens with zero attached hydrogens (tertiary/aromatic N) is 1. The van der Waals surface area contributed by atoms with Gasteiger partial charge in [0, 0.05) is 36.8 Å². The van der Waals surface area contributed by atoms with Crippen LogP contribution in [0.5, 0.6) is 0 Å². The summed E-state index contributed by atoms with van der Waals surface area (Å²) >= 11 is 0. The average molecular weight is 316 g/mol. The lowest BCUT2D eigenvalue weighted by atomic mass is 9.96. The van der Waals surface area contributed by atoms with Crippen LogP contribution in [0.1, 0.15) is 17.5 Å². The molecular formula is C21H20N2O. The molecule has 0 amide bonds. The molecule has 1 aliphatic rings. The summed E-state index contributed by atoms with van der Waals surface area (Å²) in [5, 5.41) is 1.81. The fourth-order valence-electron chi connectivity index (χ4n) is 3.42. The smallest absolute Gasteiger partial charge is 0.255 e. The highest BCUT2D eigenvalue weighted by Crippen LogP contribution is 2.27. The van der Waals surface area contributed by atoms with Gasteiger partial charge in [-0.2, -0.15) is 0 Å². The highest BCUT2D eigenvalue weighted by Gasteiger charge is 2.15. The van der Waals surface area contributed by atoms with Crippen molar-refractivity contribution in [1.82, 2.24) is 9.88 Å². The monoisotopic (exact) mass is 316 g/mol. The molecule has 2 heterocycles. The predicted molar refractivity (Wildman–Crippen MR) is 98.9 cm³/mol. The van der Waals surface area contributed by atoms with Crippen LogP contribution in [0.25, 0.3) is 16.3 Å². The number of H-pyrrole nitrogens is 1. The van der Waals surface area contributed by atoms with Gasteiger partial charge in [0.2, 0.25) is 0 Å². The summed E-state index contributed by atoms with van der Waals surface area (Å²) in [6, 6.07) is 18.4. The van der Waals surface area contributed by atoms with E-state index < -0.39 is 0 Å². The summed E-state index contributed by atoms with van der Waals surface area (Å²) in [4.78, 5) is 17.3. The Bertz CT molecular complexity index is 941. The first-order valence-corrected chi connectivity index (χ1v) is 8.37. The van der Waals surface area contributed by atoms with E-state index in [0.717, 1.165) is 42.4 Å². The molecule has 24 heavy (non-hydrogen) atoms. The van der Waals surface area contributed by atoms with E-state index >= 15 is 0 Å². The van der Waals surface area contributed by atoms with Crippen LogP contribution in [0.4, 0.5) is 0 Å². The molecule has 0 spiro atoms. The molecule has 4 rings (SSSR count). The van der Waals surface area contributed by atoms with E-state index in [4.69, 9.17) is 0 Å². The molecule has 3 aromatic rings. The predicted octanol–water partition coefficient (Wildman–Crippen LogP) is 3.82. The zero-order chi connectivity index (χ0) is 16.4. The topological polar surface area (TPSA) is 36.1 Å². The fraction of sp³-hybridized carbons (Fsp3) is 0.190. The summed E-state index contributed by atoms with van der Waals surface area (Å²) in [5.74, 6) is 0. The van der Waals surface area contributed by atoms with E-state index in [1.165, 1.54) is 11.1 Å². The molecule has 0 radical (unpaired) electrons. The van der Waals surface area contributed by atoms with Gasteiger partial charge in [0.05, 0.1) is 0 Å². The van der Waals surface area contributed by atoms with Crippen molar-refractivity contribution in [3.05, 3.63) is 88.4 Å². The molecule has 3 heteroatoms. The van der Waals surface area contributed by atoms with Crippen molar-refractivity contribution in [2.45, 2.75) is 13.0 Å². The Morgan fingerprint density at radius 2 is 1.71 bits per heavy atom. The maximum Gasteiger partial charge on any atom is 0.255 e. The largest absolute Gasteiger partial charge is 0.328 e. The Morgan fingerprint density at radius 1 is 0.958 bits per heavy atom. The van der Waals surface area contributed by atoms with Crippen molar-refractivity contribution in [2.75, 3.05) is 13.1 Å². The van der Waals surface area contributed by atoms with Crippen molar-refractivity contribution in [2.24, 2.45) is 0 Å². The van der Waals surface area contributed by atoms with Gasteiger partial charge in [0.1, 0.15) is 0 Å². The van der Waals surface area contributed by atoms with Gasteiger partial charge in [0.15, 0.2) is 0 Å². The molecular weight excluding hydrogens is 296 g/mol. The molecule has 1 aromatic heterocycles. The zero-order valence-electron chi connectivity index (χ0n) is 13.5. The third kappa shape index (κ3) is 2.91. The maximum atomic E-state index is 12.0. The average Bonchev–Trinajstić information content (AvgIpc) is 2.64. The van der Waals surface area contributed by atoms with Crippen LogP contribution >= 0.6 is 0 Å². The third-order valence-electron chi connectivity index (χ3n) is 4.70. The minimum absolute atomic E-state index is 0.0172. The number of fused-ring (bicyclic) bond motifs is 1. The Labute approximate surface area is 141 Å². The number of aromatic nitrogens is 1. The third-order valence-corrected chi connectivity index (χ3v) is 4.70. The van der Waals surface area contributed by atoms with Gasteiger partial charge in [-0.3, -0.25) is 9.69 Å². The van der Waals surface area contributed by atoms with Crippen molar-refractivity contribution >= 4 is 16.3 Å².